The van der Waals surface area contributed by atoms with Crippen LogP contribution in [0.5, 0.6) is 11.5 Å². The Morgan fingerprint density at radius 3 is 2.40 bits per heavy atom. The molecule has 0 aliphatic carbocycles. The van der Waals surface area contributed by atoms with Gasteiger partial charge in [-0.25, -0.2) is 0 Å². The molecule has 0 aliphatic heterocycles. The molecule has 0 spiro atoms. The summed E-state index contributed by atoms with van der Waals surface area (Å²) in [5.41, 5.74) is 8.44. The average Bonchev–Trinajstić information content (AvgIpc) is 2.47. The van der Waals surface area contributed by atoms with E-state index in [-0.39, 0.29) is 0 Å². The molecule has 4 nitrogen and oxygen atoms in total. The van der Waals surface area contributed by atoms with E-state index in [1.807, 2.05) is 24.3 Å². The number of ether oxygens (including phenoxy) is 2. The highest BCUT2D eigenvalue weighted by Crippen LogP contribution is 2.36. The highest BCUT2D eigenvalue weighted by molar-refractivity contribution is 6.33. The Morgan fingerprint density at radius 1 is 1.10 bits per heavy atom. The number of halogens is 1. The number of anilines is 2. The third-order valence-electron chi connectivity index (χ3n) is 3.00. The number of nitrogens with one attached hydrogen (secondary N) is 1. The molecule has 0 aromatic heterocycles. The molecule has 0 saturated carbocycles. The quantitative estimate of drug-likeness (QED) is 0.828. The molecular weight excluding hydrogens is 276 g/mol. The highest BCUT2D eigenvalue weighted by Gasteiger charge is 2.10. The number of para-hydroxylation sites is 1. The molecule has 2 aromatic carbocycles. The fourth-order valence-electron chi connectivity index (χ4n) is 1.88. The highest BCUT2D eigenvalue weighted by atomic mass is 35.5. The minimum Gasteiger partial charge on any atom is -0.493 e. The summed E-state index contributed by atoms with van der Waals surface area (Å²) in [6, 6.07) is 11.2. The molecule has 0 saturated heterocycles. The number of benzene rings is 2. The molecule has 2 aromatic rings. The van der Waals surface area contributed by atoms with Gasteiger partial charge in [-0.3, -0.25) is 0 Å². The summed E-state index contributed by atoms with van der Waals surface area (Å²) in [5, 5.41) is 3.82. The van der Waals surface area contributed by atoms with Crippen molar-refractivity contribution in [3.8, 4) is 11.5 Å². The monoisotopic (exact) mass is 292 g/mol. The van der Waals surface area contributed by atoms with Gasteiger partial charge in [0.15, 0.2) is 11.5 Å². The van der Waals surface area contributed by atoms with Crippen LogP contribution in [-0.2, 0) is 6.54 Å². The van der Waals surface area contributed by atoms with E-state index in [1.165, 1.54) is 0 Å². The molecule has 0 unspecified atom stereocenters. The van der Waals surface area contributed by atoms with Crippen molar-refractivity contribution in [3.63, 3.8) is 0 Å². The second-order valence-corrected chi connectivity index (χ2v) is 4.65. The third-order valence-corrected chi connectivity index (χ3v) is 3.31. The lowest BCUT2D eigenvalue weighted by Crippen LogP contribution is -2.03. The van der Waals surface area contributed by atoms with Crippen LogP contribution in [0.2, 0.25) is 5.02 Å². The molecule has 20 heavy (non-hydrogen) atoms. The molecule has 0 fully saturated rings. The molecule has 0 amide bonds. The average molecular weight is 293 g/mol. The zero-order valence-electron chi connectivity index (χ0n) is 11.4. The Kier molecular flexibility index (Phi) is 4.58. The van der Waals surface area contributed by atoms with E-state index in [2.05, 4.69) is 5.32 Å². The van der Waals surface area contributed by atoms with Gasteiger partial charge in [-0.15, -0.1) is 0 Å². The van der Waals surface area contributed by atoms with Crippen LogP contribution < -0.4 is 20.5 Å². The largest absolute Gasteiger partial charge is 0.493 e. The van der Waals surface area contributed by atoms with Crippen molar-refractivity contribution < 1.29 is 9.47 Å². The zero-order valence-corrected chi connectivity index (χ0v) is 12.2. The number of nitrogen functional groups attached to an aromatic ring is 1. The normalized spacial score (nSPS) is 10.2. The molecular formula is C15H17ClN2O2. The fraction of sp³-hybridized carbons (Fsp3) is 0.200. The minimum atomic E-state index is 0.567. The molecule has 0 radical (unpaired) electrons. The maximum atomic E-state index is 6.21. The second kappa shape index (κ2) is 6.39. The van der Waals surface area contributed by atoms with Crippen molar-refractivity contribution in [2.75, 3.05) is 25.3 Å². The Morgan fingerprint density at radius 2 is 1.75 bits per heavy atom. The summed E-state index contributed by atoms with van der Waals surface area (Å²) in [5.74, 6) is 1.22. The van der Waals surface area contributed by atoms with Gasteiger partial charge in [0.2, 0.25) is 0 Å². The molecule has 0 bridgehead atoms. The Bertz CT molecular complexity index is 602. The molecule has 2 rings (SSSR count). The van der Waals surface area contributed by atoms with Gasteiger partial charge in [-0.2, -0.15) is 0 Å². The van der Waals surface area contributed by atoms with E-state index >= 15 is 0 Å². The summed E-state index contributed by atoms with van der Waals surface area (Å²) >= 11 is 6.21. The van der Waals surface area contributed by atoms with Gasteiger partial charge in [0, 0.05) is 24.4 Å². The number of methoxy groups -OCH3 is 2. The number of hydrogen-bond acceptors (Lipinski definition) is 4. The van der Waals surface area contributed by atoms with E-state index < -0.39 is 0 Å². The van der Waals surface area contributed by atoms with Crippen molar-refractivity contribution in [1.29, 1.82) is 0 Å². The Balaban J connectivity index is 2.19. The van der Waals surface area contributed by atoms with Gasteiger partial charge in [-0.1, -0.05) is 29.8 Å². The first kappa shape index (κ1) is 14.3. The third kappa shape index (κ3) is 3.08. The molecule has 0 aliphatic rings. The maximum absolute atomic E-state index is 6.21. The van der Waals surface area contributed by atoms with Gasteiger partial charge < -0.3 is 20.5 Å². The van der Waals surface area contributed by atoms with Crippen LogP contribution in [0, 0.1) is 0 Å². The van der Waals surface area contributed by atoms with Gasteiger partial charge in [0.1, 0.15) is 0 Å². The second-order valence-electron chi connectivity index (χ2n) is 4.24. The van der Waals surface area contributed by atoms with Gasteiger partial charge >= 0.3 is 0 Å². The topological polar surface area (TPSA) is 56.5 Å². The summed E-state index contributed by atoms with van der Waals surface area (Å²) < 4.78 is 10.5. The van der Waals surface area contributed by atoms with Crippen molar-refractivity contribution >= 4 is 23.0 Å². The molecule has 5 heteroatoms. The minimum absolute atomic E-state index is 0.567. The summed E-state index contributed by atoms with van der Waals surface area (Å²) in [7, 11) is 3.16. The van der Waals surface area contributed by atoms with Crippen molar-refractivity contribution in [2.24, 2.45) is 0 Å². The van der Waals surface area contributed by atoms with Crippen LogP contribution in [0.3, 0.4) is 0 Å². The van der Waals surface area contributed by atoms with E-state index in [0.717, 1.165) is 16.9 Å². The fourth-order valence-corrected chi connectivity index (χ4v) is 2.10. The molecule has 0 heterocycles. The molecule has 106 valence electrons. The van der Waals surface area contributed by atoms with E-state index in [4.69, 9.17) is 26.8 Å². The van der Waals surface area contributed by atoms with Gasteiger partial charge in [0.25, 0.3) is 0 Å². The summed E-state index contributed by atoms with van der Waals surface area (Å²) in [6.07, 6.45) is 0. The van der Waals surface area contributed by atoms with Crippen molar-refractivity contribution in [3.05, 3.63) is 47.0 Å². The Hall–Kier alpha value is -2.07. The SMILES string of the molecule is COc1cc(Cl)c(NCc2ccccc2N)cc1OC. The first-order chi connectivity index (χ1) is 9.65. The smallest absolute Gasteiger partial charge is 0.162 e. The van der Waals surface area contributed by atoms with Gasteiger partial charge in [0.05, 0.1) is 24.9 Å². The van der Waals surface area contributed by atoms with Crippen LogP contribution in [0.25, 0.3) is 0 Å². The first-order valence-corrected chi connectivity index (χ1v) is 6.52. The number of hydrogen-bond donors (Lipinski definition) is 2. The molecule has 3 N–H and O–H groups in total. The summed E-state index contributed by atoms with van der Waals surface area (Å²) in [4.78, 5) is 0. The van der Waals surface area contributed by atoms with E-state index in [0.29, 0.717) is 23.1 Å². The predicted molar refractivity (Wildman–Crippen MR) is 82.7 cm³/mol. The maximum Gasteiger partial charge on any atom is 0.162 e. The lowest BCUT2D eigenvalue weighted by atomic mass is 10.2. The van der Waals surface area contributed by atoms with Crippen molar-refractivity contribution in [1.82, 2.24) is 0 Å². The summed E-state index contributed by atoms with van der Waals surface area (Å²) in [6.45, 7) is 0.585. The van der Waals surface area contributed by atoms with Crippen LogP contribution in [-0.4, -0.2) is 14.2 Å². The standard InChI is InChI=1S/C15H17ClN2O2/c1-19-14-7-11(16)13(8-15(14)20-2)18-9-10-5-3-4-6-12(10)17/h3-8,18H,9,17H2,1-2H3. The first-order valence-electron chi connectivity index (χ1n) is 6.14. The van der Waals surface area contributed by atoms with Crippen LogP contribution in [0.1, 0.15) is 5.56 Å². The van der Waals surface area contributed by atoms with Crippen molar-refractivity contribution in [2.45, 2.75) is 6.54 Å². The predicted octanol–water partition coefficient (Wildman–Crippen LogP) is 3.55. The van der Waals surface area contributed by atoms with E-state index in [9.17, 15) is 0 Å². The Labute approximate surface area is 123 Å². The zero-order chi connectivity index (χ0) is 14.5. The van der Waals surface area contributed by atoms with Crippen LogP contribution in [0.4, 0.5) is 11.4 Å². The molecule has 0 atom stereocenters. The van der Waals surface area contributed by atoms with Gasteiger partial charge in [-0.05, 0) is 11.6 Å². The van der Waals surface area contributed by atoms with Crippen LogP contribution >= 0.6 is 11.6 Å². The van der Waals surface area contributed by atoms with E-state index in [1.54, 1.807) is 26.4 Å². The lowest BCUT2D eigenvalue weighted by molar-refractivity contribution is 0.355. The van der Waals surface area contributed by atoms with Crippen LogP contribution in [0.15, 0.2) is 36.4 Å². The number of rotatable bonds is 5. The lowest BCUT2D eigenvalue weighted by Gasteiger charge is -2.14. The number of nitrogens with two attached hydrogens (primary N) is 1.